The molecule has 1 aliphatic heterocycles. The molecule has 24 heavy (non-hydrogen) atoms. The van der Waals surface area contributed by atoms with Crippen molar-refractivity contribution in [3.05, 3.63) is 0 Å². The Labute approximate surface area is 145 Å². The number of carbonyl (C=O) groups excluding carboxylic acids is 1. The van der Waals surface area contributed by atoms with E-state index < -0.39 is 31.0 Å². The summed E-state index contributed by atoms with van der Waals surface area (Å²) in [6, 6.07) is 0. The van der Waals surface area contributed by atoms with Gasteiger partial charge in [-0.05, 0) is 6.42 Å². The number of aliphatic hydroxyl groups excluding tert-OH is 3. The highest BCUT2D eigenvalue weighted by Gasteiger charge is 2.42. The standard InChI is InChI=1S/C18H34O6/c1-2-3-4-5-6-7-8-9-10-11-16(21)24-15-13-23-18(17(15)22)14(20)12-19/h14-15,17-20,22H,2-13H2,1H3/t14-,15+,17-,18-/m1/s1. The van der Waals surface area contributed by atoms with Gasteiger partial charge >= 0.3 is 5.97 Å². The number of rotatable bonds is 13. The lowest BCUT2D eigenvalue weighted by Gasteiger charge is -2.20. The van der Waals surface area contributed by atoms with E-state index in [1.165, 1.54) is 38.5 Å². The lowest BCUT2D eigenvalue weighted by molar-refractivity contribution is -0.153. The van der Waals surface area contributed by atoms with Crippen molar-refractivity contribution in [2.45, 2.75) is 95.5 Å². The third-order valence-electron chi connectivity index (χ3n) is 4.50. The Balaban J connectivity index is 2.04. The molecular formula is C18H34O6. The SMILES string of the molecule is CCCCCCCCCCCC(=O)O[C@H]1CO[C@H]([C@H](O)CO)[C@@H]1O. The van der Waals surface area contributed by atoms with E-state index in [9.17, 15) is 15.0 Å². The number of hydrogen-bond acceptors (Lipinski definition) is 6. The molecule has 142 valence electrons. The van der Waals surface area contributed by atoms with E-state index in [-0.39, 0.29) is 12.6 Å². The van der Waals surface area contributed by atoms with Crippen LogP contribution in [0, 0.1) is 0 Å². The van der Waals surface area contributed by atoms with E-state index in [1.54, 1.807) is 0 Å². The molecule has 0 bridgehead atoms. The Kier molecular flexibility index (Phi) is 11.2. The number of unbranched alkanes of at least 4 members (excludes halogenated alkanes) is 8. The van der Waals surface area contributed by atoms with Crippen molar-refractivity contribution in [3.63, 3.8) is 0 Å². The topological polar surface area (TPSA) is 96.2 Å². The normalized spacial score (nSPS) is 24.9. The highest BCUT2D eigenvalue weighted by atomic mass is 16.6. The summed E-state index contributed by atoms with van der Waals surface area (Å²) in [5.74, 6) is -0.343. The van der Waals surface area contributed by atoms with Gasteiger partial charge in [-0.3, -0.25) is 4.79 Å². The molecule has 4 atom stereocenters. The number of hydrogen-bond donors (Lipinski definition) is 3. The predicted molar refractivity (Wildman–Crippen MR) is 90.6 cm³/mol. The van der Waals surface area contributed by atoms with Crippen LogP contribution in [-0.2, 0) is 14.3 Å². The van der Waals surface area contributed by atoms with Crippen LogP contribution in [0.5, 0.6) is 0 Å². The maximum absolute atomic E-state index is 11.8. The van der Waals surface area contributed by atoms with Gasteiger partial charge < -0.3 is 24.8 Å². The van der Waals surface area contributed by atoms with Crippen molar-refractivity contribution in [1.82, 2.24) is 0 Å². The maximum Gasteiger partial charge on any atom is 0.306 e. The molecule has 1 heterocycles. The highest BCUT2D eigenvalue weighted by molar-refractivity contribution is 5.69. The van der Waals surface area contributed by atoms with E-state index in [1.807, 2.05) is 0 Å². The summed E-state index contributed by atoms with van der Waals surface area (Å²) in [5.41, 5.74) is 0. The smallest absolute Gasteiger partial charge is 0.306 e. The largest absolute Gasteiger partial charge is 0.457 e. The molecule has 0 radical (unpaired) electrons. The van der Waals surface area contributed by atoms with Crippen LogP contribution in [0.2, 0.25) is 0 Å². The predicted octanol–water partition coefficient (Wildman–Crippen LogP) is 1.93. The fourth-order valence-corrected chi connectivity index (χ4v) is 2.97. The Morgan fingerprint density at radius 3 is 2.29 bits per heavy atom. The molecule has 0 aromatic heterocycles. The molecule has 0 amide bonds. The molecule has 1 aliphatic rings. The van der Waals surface area contributed by atoms with Crippen molar-refractivity contribution in [2.75, 3.05) is 13.2 Å². The second kappa shape index (κ2) is 12.6. The fourth-order valence-electron chi connectivity index (χ4n) is 2.97. The zero-order valence-electron chi connectivity index (χ0n) is 14.9. The van der Waals surface area contributed by atoms with Crippen LogP contribution < -0.4 is 0 Å². The molecule has 6 heteroatoms. The lowest BCUT2D eigenvalue weighted by Crippen LogP contribution is -2.41. The molecule has 1 fully saturated rings. The van der Waals surface area contributed by atoms with Crippen LogP contribution in [0.4, 0.5) is 0 Å². The van der Waals surface area contributed by atoms with Gasteiger partial charge in [0.25, 0.3) is 0 Å². The van der Waals surface area contributed by atoms with Crippen molar-refractivity contribution < 1.29 is 29.6 Å². The Bertz CT molecular complexity index is 335. The molecule has 1 saturated heterocycles. The summed E-state index contributed by atoms with van der Waals surface area (Å²) in [7, 11) is 0. The van der Waals surface area contributed by atoms with Crippen molar-refractivity contribution >= 4 is 5.97 Å². The lowest BCUT2D eigenvalue weighted by atomic mass is 10.1. The van der Waals surface area contributed by atoms with Crippen molar-refractivity contribution in [2.24, 2.45) is 0 Å². The summed E-state index contributed by atoms with van der Waals surface area (Å²) in [6.45, 7) is 1.76. The van der Waals surface area contributed by atoms with Gasteiger partial charge in [-0.1, -0.05) is 58.3 Å². The van der Waals surface area contributed by atoms with E-state index in [0.29, 0.717) is 6.42 Å². The Morgan fingerprint density at radius 2 is 1.71 bits per heavy atom. The maximum atomic E-state index is 11.8. The summed E-state index contributed by atoms with van der Waals surface area (Å²) < 4.78 is 10.4. The number of carbonyl (C=O) groups is 1. The zero-order chi connectivity index (χ0) is 17.8. The first-order valence-corrected chi connectivity index (χ1v) is 9.38. The van der Waals surface area contributed by atoms with Gasteiger partial charge in [0.1, 0.15) is 18.3 Å². The molecule has 0 spiro atoms. The molecule has 1 rings (SSSR count). The average molecular weight is 346 g/mol. The summed E-state index contributed by atoms with van der Waals surface area (Å²) in [5, 5.41) is 28.3. The molecule has 0 aliphatic carbocycles. The van der Waals surface area contributed by atoms with Crippen LogP contribution in [0.1, 0.15) is 71.1 Å². The number of esters is 1. The van der Waals surface area contributed by atoms with Crippen LogP contribution in [-0.4, -0.2) is 58.9 Å². The molecule has 0 aromatic carbocycles. The molecule has 0 unspecified atom stereocenters. The monoisotopic (exact) mass is 346 g/mol. The van der Waals surface area contributed by atoms with E-state index in [2.05, 4.69) is 6.92 Å². The number of aliphatic hydroxyl groups is 3. The molecule has 0 saturated carbocycles. The van der Waals surface area contributed by atoms with Crippen LogP contribution in [0.3, 0.4) is 0 Å². The van der Waals surface area contributed by atoms with Gasteiger partial charge in [-0.25, -0.2) is 0 Å². The Morgan fingerprint density at radius 1 is 1.12 bits per heavy atom. The first-order valence-electron chi connectivity index (χ1n) is 9.38. The first kappa shape index (κ1) is 21.4. The second-order valence-corrected chi connectivity index (χ2v) is 6.65. The van der Waals surface area contributed by atoms with E-state index in [0.717, 1.165) is 19.3 Å². The molecular weight excluding hydrogens is 312 g/mol. The second-order valence-electron chi connectivity index (χ2n) is 6.65. The van der Waals surface area contributed by atoms with Crippen LogP contribution in [0.25, 0.3) is 0 Å². The van der Waals surface area contributed by atoms with E-state index >= 15 is 0 Å². The molecule has 6 nitrogen and oxygen atoms in total. The van der Waals surface area contributed by atoms with Gasteiger partial charge in [0.2, 0.25) is 0 Å². The minimum absolute atomic E-state index is 0.0480. The molecule has 3 N–H and O–H groups in total. The zero-order valence-corrected chi connectivity index (χ0v) is 14.9. The van der Waals surface area contributed by atoms with Gasteiger partial charge in [-0.2, -0.15) is 0 Å². The van der Waals surface area contributed by atoms with Crippen molar-refractivity contribution in [3.8, 4) is 0 Å². The minimum Gasteiger partial charge on any atom is -0.457 e. The van der Waals surface area contributed by atoms with Gasteiger partial charge in [-0.15, -0.1) is 0 Å². The van der Waals surface area contributed by atoms with Crippen LogP contribution in [0.15, 0.2) is 0 Å². The number of ether oxygens (including phenoxy) is 2. The van der Waals surface area contributed by atoms with Crippen molar-refractivity contribution in [1.29, 1.82) is 0 Å². The molecule has 0 aromatic rings. The average Bonchev–Trinajstić information content (AvgIpc) is 2.93. The summed E-state index contributed by atoms with van der Waals surface area (Å²) >= 11 is 0. The summed E-state index contributed by atoms with van der Waals surface area (Å²) in [6.07, 6.45) is 7.05. The highest BCUT2D eigenvalue weighted by Crippen LogP contribution is 2.21. The fraction of sp³-hybridized carbons (Fsp3) is 0.944. The van der Waals surface area contributed by atoms with Gasteiger partial charge in [0.15, 0.2) is 6.10 Å². The van der Waals surface area contributed by atoms with Crippen LogP contribution >= 0.6 is 0 Å². The van der Waals surface area contributed by atoms with Gasteiger partial charge in [0, 0.05) is 6.42 Å². The quantitative estimate of drug-likeness (QED) is 0.348. The third-order valence-corrected chi connectivity index (χ3v) is 4.50. The van der Waals surface area contributed by atoms with E-state index in [4.69, 9.17) is 14.6 Å². The first-order chi connectivity index (χ1) is 11.6. The summed E-state index contributed by atoms with van der Waals surface area (Å²) in [4.78, 5) is 11.8. The third kappa shape index (κ3) is 7.92. The van der Waals surface area contributed by atoms with Gasteiger partial charge in [0.05, 0.1) is 13.2 Å². The Hall–Kier alpha value is -0.690. The minimum atomic E-state index is -1.17.